The van der Waals surface area contributed by atoms with Crippen LogP contribution in [0.1, 0.15) is 24.5 Å². The van der Waals surface area contributed by atoms with Crippen LogP contribution >= 0.6 is 0 Å². The fourth-order valence-corrected chi connectivity index (χ4v) is 2.41. The molecule has 0 aliphatic carbocycles. The summed E-state index contributed by atoms with van der Waals surface area (Å²) < 4.78 is 5.85. The Bertz CT molecular complexity index is 474. The highest BCUT2D eigenvalue weighted by Crippen LogP contribution is 2.27. The molecular weight excluding hydrogens is 266 g/mol. The number of amides is 1. The van der Waals surface area contributed by atoms with Crippen molar-refractivity contribution in [3.05, 3.63) is 42.2 Å². The van der Waals surface area contributed by atoms with E-state index in [0.717, 1.165) is 31.6 Å². The quantitative estimate of drug-likeness (QED) is 0.835. The summed E-state index contributed by atoms with van der Waals surface area (Å²) in [5.74, 6) is -0.0635. The molecule has 0 radical (unpaired) electrons. The fraction of sp³-hybridized carbons (Fsp3) is 0.500. The second-order valence-electron chi connectivity index (χ2n) is 5.49. The number of rotatable bonds is 5. The molecule has 1 aromatic heterocycles. The molecular formula is C16H23N3O2. The summed E-state index contributed by atoms with van der Waals surface area (Å²) in [4.78, 5) is 18.0. The second-order valence-corrected chi connectivity index (χ2v) is 5.49. The lowest BCUT2D eigenvalue weighted by Gasteiger charge is -2.32. The Morgan fingerprint density at radius 2 is 2.24 bits per heavy atom. The minimum absolute atomic E-state index is 0.0117. The van der Waals surface area contributed by atoms with Gasteiger partial charge in [0.25, 0.3) is 0 Å². The summed E-state index contributed by atoms with van der Waals surface area (Å²) in [5.41, 5.74) is 1.06. The summed E-state index contributed by atoms with van der Waals surface area (Å²) in [6.45, 7) is 1.48. The van der Waals surface area contributed by atoms with Crippen molar-refractivity contribution < 1.29 is 9.53 Å². The fourth-order valence-electron chi connectivity index (χ4n) is 2.41. The molecule has 1 aliphatic rings. The predicted molar refractivity (Wildman–Crippen MR) is 81.8 cm³/mol. The highest BCUT2D eigenvalue weighted by molar-refractivity contribution is 5.87. The van der Waals surface area contributed by atoms with Crippen molar-refractivity contribution in [2.75, 3.05) is 27.2 Å². The Labute approximate surface area is 126 Å². The molecule has 5 heteroatoms. The monoisotopic (exact) mass is 289 g/mol. The van der Waals surface area contributed by atoms with Gasteiger partial charge in [-0.3, -0.25) is 9.78 Å². The molecule has 1 N–H and O–H groups in total. The van der Waals surface area contributed by atoms with E-state index in [1.54, 1.807) is 18.5 Å². The Hall–Kier alpha value is -1.72. The van der Waals surface area contributed by atoms with E-state index in [4.69, 9.17) is 4.74 Å². The number of likely N-dealkylation sites (N-methyl/N-ethyl adjacent to an activating group) is 1. The Morgan fingerprint density at radius 1 is 1.48 bits per heavy atom. The van der Waals surface area contributed by atoms with Crippen LogP contribution in [0, 0.1) is 0 Å². The average Bonchev–Trinajstić information content (AvgIpc) is 2.48. The maximum absolute atomic E-state index is 12.0. The minimum Gasteiger partial charge on any atom is -0.371 e. The zero-order valence-corrected chi connectivity index (χ0v) is 12.7. The van der Waals surface area contributed by atoms with Crippen molar-refractivity contribution in [1.82, 2.24) is 15.2 Å². The third-order valence-electron chi connectivity index (χ3n) is 3.42. The number of carbonyl (C=O) groups is 1. The first-order valence-electron chi connectivity index (χ1n) is 7.30. The van der Waals surface area contributed by atoms with Crippen LogP contribution in [0.25, 0.3) is 0 Å². The second kappa shape index (κ2) is 7.90. The van der Waals surface area contributed by atoms with Gasteiger partial charge in [0.05, 0.1) is 6.04 Å². The van der Waals surface area contributed by atoms with Crippen LogP contribution in [-0.2, 0) is 9.53 Å². The van der Waals surface area contributed by atoms with Gasteiger partial charge in [0.2, 0.25) is 5.91 Å². The molecule has 1 fully saturated rings. The van der Waals surface area contributed by atoms with Gasteiger partial charge in [0.15, 0.2) is 0 Å². The maximum atomic E-state index is 12.0. The van der Waals surface area contributed by atoms with Gasteiger partial charge >= 0.3 is 0 Å². The largest absolute Gasteiger partial charge is 0.371 e. The van der Waals surface area contributed by atoms with Crippen LogP contribution in [0.4, 0.5) is 0 Å². The summed E-state index contributed by atoms with van der Waals surface area (Å²) in [5, 5.41) is 3.05. The Balaban J connectivity index is 1.96. The standard InChI is InChI=1S/C16H23N3O2/c1-19(2)11-3-6-15(20)18-14-5-4-12-21-16(14)13-7-9-17-10-8-13/h3,6-10,14,16H,4-5,11-12H2,1-2H3,(H,18,20)/b6-3+/t14-,16+/m1/s1. The molecule has 2 rings (SSSR count). The first-order valence-corrected chi connectivity index (χ1v) is 7.30. The van der Waals surface area contributed by atoms with Crippen LogP contribution in [0.15, 0.2) is 36.7 Å². The van der Waals surface area contributed by atoms with Gasteiger partial charge in [-0.1, -0.05) is 6.08 Å². The van der Waals surface area contributed by atoms with Gasteiger partial charge in [0.1, 0.15) is 6.10 Å². The van der Waals surface area contributed by atoms with Gasteiger partial charge < -0.3 is 15.0 Å². The third-order valence-corrected chi connectivity index (χ3v) is 3.42. The van der Waals surface area contributed by atoms with Crippen molar-refractivity contribution in [1.29, 1.82) is 0 Å². The number of hydrogen-bond donors (Lipinski definition) is 1. The topological polar surface area (TPSA) is 54.5 Å². The normalized spacial score (nSPS) is 22.6. The number of ether oxygens (including phenoxy) is 1. The van der Waals surface area contributed by atoms with Crippen LogP contribution in [0.2, 0.25) is 0 Å². The molecule has 0 unspecified atom stereocenters. The molecule has 1 aromatic rings. The molecule has 2 atom stereocenters. The molecule has 0 bridgehead atoms. The zero-order chi connectivity index (χ0) is 15.1. The number of nitrogens with zero attached hydrogens (tertiary/aromatic N) is 2. The summed E-state index contributed by atoms with van der Waals surface area (Å²) >= 11 is 0. The Morgan fingerprint density at radius 3 is 2.95 bits per heavy atom. The first kappa shape index (κ1) is 15.7. The van der Waals surface area contributed by atoms with E-state index in [1.807, 2.05) is 37.2 Å². The van der Waals surface area contributed by atoms with E-state index < -0.39 is 0 Å². The number of aromatic nitrogens is 1. The number of hydrogen-bond acceptors (Lipinski definition) is 4. The van der Waals surface area contributed by atoms with Crippen LogP contribution in [0.5, 0.6) is 0 Å². The molecule has 1 saturated heterocycles. The van der Waals surface area contributed by atoms with E-state index >= 15 is 0 Å². The lowest BCUT2D eigenvalue weighted by atomic mass is 9.96. The lowest BCUT2D eigenvalue weighted by Crippen LogP contribution is -2.42. The smallest absolute Gasteiger partial charge is 0.244 e. The number of carbonyl (C=O) groups excluding carboxylic acids is 1. The first-order chi connectivity index (χ1) is 10.2. The summed E-state index contributed by atoms with van der Waals surface area (Å²) in [6, 6.07) is 3.89. The molecule has 0 aromatic carbocycles. The molecule has 0 saturated carbocycles. The van der Waals surface area contributed by atoms with E-state index in [-0.39, 0.29) is 18.1 Å². The average molecular weight is 289 g/mol. The van der Waals surface area contributed by atoms with Crippen molar-refractivity contribution >= 4 is 5.91 Å². The van der Waals surface area contributed by atoms with Crippen molar-refractivity contribution in [2.45, 2.75) is 25.0 Å². The molecule has 0 spiro atoms. The van der Waals surface area contributed by atoms with Crippen LogP contribution in [-0.4, -0.2) is 49.1 Å². The summed E-state index contributed by atoms with van der Waals surface area (Å²) in [7, 11) is 3.94. The lowest BCUT2D eigenvalue weighted by molar-refractivity contribution is -0.119. The van der Waals surface area contributed by atoms with Gasteiger partial charge in [-0.05, 0) is 44.6 Å². The maximum Gasteiger partial charge on any atom is 0.244 e. The van der Waals surface area contributed by atoms with Gasteiger partial charge in [0, 0.05) is 31.6 Å². The molecule has 2 heterocycles. The predicted octanol–water partition coefficient (Wildman–Crippen LogP) is 1.54. The number of nitrogens with one attached hydrogen (secondary N) is 1. The van der Waals surface area contributed by atoms with Crippen LogP contribution < -0.4 is 5.32 Å². The van der Waals surface area contributed by atoms with E-state index in [1.165, 1.54) is 0 Å². The number of pyridine rings is 1. The molecule has 5 nitrogen and oxygen atoms in total. The van der Waals surface area contributed by atoms with E-state index in [2.05, 4.69) is 10.3 Å². The van der Waals surface area contributed by atoms with Crippen LogP contribution in [0.3, 0.4) is 0 Å². The molecule has 114 valence electrons. The molecule has 1 amide bonds. The van der Waals surface area contributed by atoms with Crippen molar-refractivity contribution in [3.63, 3.8) is 0 Å². The van der Waals surface area contributed by atoms with Gasteiger partial charge in [-0.15, -0.1) is 0 Å². The highest BCUT2D eigenvalue weighted by atomic mass is 16.5. The summed E-state index contributed by atoms with van der Waals surface area (Å²) in [6.07, 6.45) is 8.77. The molecule has 1 aliphatic heterocycles. The van der Waals surface area contributed by atoms with E-state index in [9.17, 15) is 4.79 Å². The molecule has 21 heavy (non-hydrogen) atoms. The zero-order valence-electron chi connectivity index (χ0n) is 12.7. The van der Waals surface area contributed by atoms with Crippen molar-refractivity contribution in [3.8, 4) is 0 Å². The van der Waals surface area contributed by atoms with Gasteiger partial charge in [-0.2, -0.15) is 0 Å². The van der Waals surface area contributed by atoms with Crippen molar-refractivity contribution in [2.24, 2.45) is 0 Å². The van der Waals surface area contributed by atoms with Gasteiger partial charge in [-0.25, -0.2) is 0 Å². The highest BCUT2D eigenvalue weighted by Gasteiger charge is 2.28. The SMILES string of the molecule is CN(C)C/C=C/C(=O)N[C@@H]1CCCO[C@H]1c1ccncc1. The minimum atomic E-state index is -0.0899. The third kappa shape index (κ3) is 4.95. The van der Waals surface area contributed by atoms with E-state index in [0.29, 0.717) is 0 Å². The Kier molecular flexibility index (Phi) is 5.90.